The molecule has 7 heteroatoms. The maximum atomic E-state index is 12.7. The van der Waals surface area contributed by atoms with E-state index < -0.39 is 24.3 Å². The number of aliphatic hydroxyl groups is 3. The van der Waals surface area contributed by atoms with Crippen molar-refractivity contribution in [3.05, 3.63) is 71.3 Å². The molecule has 0 saturated heterocycles. The highest BCUT2D eigenvalue weighted by atomic mass is 16.5. The fourth-order valence-electron chi connectivity index (χ4n) is 4.56. The molecule has 0 amide bonds. The highest BCUT2D eigenvalue weighted by molar-refractivity contribution is 5.87. The van der Waals surface area contributed by atoms with Crippen molar-refractivity contribution in [1.82, 2.24) is 0 Å². The Bertz CT molecular complexity index is 1080. The number of esters is 2. The van der Waals surface area contributed by atoms with Gasteiger partial charge >= 0.3 is 11.9 Å². The van der Waals surface area contributed by atoms with Crippen LogP contribution < -0.4 is 0 Å². The molecule has 0 aromatic heterocycles. The fourth-order valence-corrected chi connectivity index (χ4v) is 4.56. The van der Waals surface area contributed by atoms with Crippen LogP contribution >= 0.6 is 0 Å². The molecule has 3 N–H and O–H groups in total. The van der Waals surface area contributed by atoms with Crippen molar-refractivity contribution < 1.29 is 34.4 Å². The predicted molar refractivity (Wildman–Crippen MR) is 163 cm³/mol. The second-order valence-electron chi connectivity index (χ2n) is 11.5. The summed E-state index contributed by atoms with van der Waals surface area (Å²) in [5, 5.41) is 29.4. The van der Waals surface area contributed by atoms with E-state index >= 15 is 0 Å². The zero-order valence-corrected chi connectivity index (χ0v) is 25.1. The van der Waals surface area contributed by atoms with Crippen LogP contribution in [0.4, 0.5) is 0 Å². The van der Waals surface area contributed by atoms with E-state index in [0.717, 1.165) is 23.1 Å². The van der Waals surface area contributed by atoms with Crippen molar-refractivity contribution >= 4 is 24.1 Å². The normalized spacial score (nSPS) is 23.6. The lowest BCUT2D eigenvalue weighted by Crippen LogP contribution is -2.27. The molecule has 0 unspecified atom stereocenters. The highest BCUT2D eigenvalue weighted by Gasteiger charge is 2.23. The van der Waals surface area contributed by atoms with Gasteiger partial charge in [0.1, 0.15) is 12.2 Å². The van der Waals surface area contributed by atoms with E-state index in [9.17, 15) is 24.9 Å². The minimum absolute atomic E-state index is 0.0929. The summed E-state index contributed by atoms with van der Waals surface area (Å²) < 4.78 is 11.5. The van der Waals surface area contributed by atoms with E-state index in [1.54, 1.807) is 19.1 Å². The summed E-state index contributed by atoms with van der Waals surface area (Å²) in [4.78, 5) is 25.0. The molecule has 0 spiro atoms. The van der Waals surface area contributed by atoms with E-state index in [4.69, 9.17) is 9.47 Å². The number of aliphatic hydroxyl groups excluding tert-OH is 3. The molecule has 0 bridgehead atoms. The molecule has 6 atom stereocenters. The smallest absolute Gasteiger partial charge is 0.331 e. The van der Waals surface area contributed by atoms with E-state index in [1.807, 2.05) is 43.3 Å². The third-order valence-corrected chi connectivity index (χ3v) is 7.11. The number of ether oxygens (including phenoxy) is 2. The lowest BCUT2D eigenvalue weighted by molar-refractivity contribution is -0.151. The first-order valence-corrected chi connectivity index (χ1v) is 14.7. The van der Waals surface area contributed by atoms with E-state index in [0.29, 0.717) is 25.7 Å². The Morgan fingerprint density at radius 1 is 1.07 bits per heavy atom. The van der Waals surface area contributed by atoms with Crippen molar-refractivity contribution in [2.45, 2.75) is 104 Å². The molecule has 1 heterocycles. The zero-order valence-electron chi connectivity index (χ0n) is 25.1. The topological polar surface area (TPSA) is 113 Å². The Kier molecular flexibility index (Phi) is 14.8. The standard InChI is InChI=1S/C34H48O7/c1-23(2)31-13-7-6-10-25(4)32(14-9-15-33(38)40-31)41-34(39)19-18-28-12-8-11-27(22-28)17-16-24(3)20-29(36)30(37)21-26(5)35/h6-8,11-12,16-20,22-23,25-26,29-32,35-37H,9-10,13-15,21H2,1-5H3/t25-,26-,29-,30-,31+,32-/m0/s1. The van der Waals surface area contributed by atoms with Crippen LogP contribution in [0.5, 0.6) is 0 Å². The van der Waals surface area contributed by atoms with Crippen LogP contribution in [-0.2, 0) is 19.1 Å². The van der Waals surface area contributed by atoms with Crippen LogP contribution in [0, 0.1) is 11.8 Å². The van der Waals surface area contributed by atoms with Gasteiger partial charge in [-0.2, -0.15) is 0 Å². The van der Waals surface area contributed by atoms with Gasteiger partial charge in [-0.15, -0.1) is 0 Å². The molecule has 1 aromatic carbocycles. The van der Waals surface area contributed by atoms with Crippen molar-refractivity contribution in [2.24, 2.45) is 11.8 Å². The maximum Gasteiger partial charge on any atom is 0.331 e. The van der Waals surface area contributed by atoms with Crippen molar-refractivity contribution in [2.75, 3.05) is 0 Å². The summed E-state index contributed by atoms with van der Waals surface area (Å²) in [6.07, 6.45) is 12.3. The summed E-state index contributed by atoms with van der Waals surface area (Å²) >= 11 is 0. The van der Waals surface area contributed by atoms with Crippen LogP contribution in [0.3, 0.4) is 0 Å². The molecule has 2 rings (SSSR count). The molecule has 41 heavy (non-hydrogen) atoms. The van der Waals surface area contributed by atoms with Crippen LogP contribution in [0.2, 0.25) is 0 Å². The quantitative estimate of drug-likeness (QED) is 0.142. The molecular weight excluding hydrogens is 520 g/mol. The summed E-state index contributed by atoms with van der Waals surface area (Å²) in [7, 11) is 0. The van der Waals surface area contributed by atoms with Crippen LogP contribution in [-0.4, -0.2) is 57.8 Å². The Labute approximate surface area is 245 Å². The minimum Gasteiger partial charge on any atom is -0.462 e. The molecule has 0 fully saturated rings. The summed E-state index contributed by atoms with van der Waals surface area (Å²) in [5.74, 6) is -0.263. The molecule has 226 valence electrons. The Morgan fingerprint density at radius 2 is 1.73 bits per heavy atom. The number of carbonyl (C=O) groups is 2. The first-order valence-electron chi connectivity index (χ1n) is 14.7. The third kappa shape index (κ3) is 13.5. The number of allylic oxidation sites excluding steroid dienone is 3. The number of hydrogen-bond donors (Lipinski definition) is 3. The molecule has 7 nitrogen and oxygen atoms in total. The van der Waals surface area contributed by atoms with Crippen molar-refractivity contribution in [3.63, 3.8) is 0 Å². The molecule has 0 aliphatic carbocycles. The van der Waals surface area contributed by atoms with E-state index in [-0.39, 0.29) is 36.4 Å². The summed E-state index contributed by atoms with van der Waals surface area (Å²) in [6.45, 7) is 9.55. The van der Waals surface area contributed by atoms with Gasteiger partial charge in [0.2, 0.25) is 0 Å². The first kappa shape index (κ1) is 34.2. The zero-order chi connectivity index (χ0) is 30.4. The van der Waals surface area contributed by atoms with Gasteiger partial charge in [-0.1, -0.05) is 74.9 Å². The average molecular weight is 569 g/mol. The van der Waals surface area contributed by atoms with E-state index in [1.165, 1.54) is 6.08 Å². The molecule has 1 aliphatic rings. The molecule has 0 saturated carbocycles. The number of hydrogen-bond acceptors (Lipinski definition) is 7. The number of carbonyl (C=O) groups excluding carboxylic acids is 2. The van der Waals surface area contributed by atoms with Gasteiger partial charge in [0.15, 0.2) is 0 Å². The lowest BCUT2D eigenvalue weighted by Gasteiger charge is -2.24. The minimum atomic E-state index is -1.07. The van der Waals surface area contributed by atoms with Gasteiger partial charge < -0.3 is 24.8 Å². The average Bonchev–Trinajstić information content (AvgIpc) is 2.90. The lowest BCUT2D eigenvalue weighted by atomic mass is 9.94. The number of benzene rings is 1. The molecule has 0 radical (unpaired) electrons. The van der Waals surface area contributed by atoms with Crippen LogP contribution in [0.15, 0.2) is 60.2 Å². The number of rotatable bonds is 10. The Balaban J connectivity index is 2.00. The molecule has 1 aromatic rings. The van der Waals surface area contributed by atoms with Gasteiger partial charge in [-0.3, -0.25) is 4.79 Å². The van der Waals surface area contributed by atoms with Gasteiger partial charge in [-0.25, -0.2) is 4.79 Å². The maximum absolute atomic E-state index is 12.7. The van der Waals surface area contributed by atoms with Gasteiger partial charge in [0.05, 0.1) is 18.3 Å². The van der Waals surface area contributed by atoms with E-state index in [2.05, 4.69) is 32.9 Å². The second kappa shape index (κ2) is 17.7. The molecular formula is C34H48O7. The first-order chi connectivity index (χ1) is 19.4. The van der Waals surface area contributed by atoms with Crippen molar-refractivity contribution in [1.29, 1.82) is 0 Å². The van der Waals surface area contributed by atoms with Gasteiger partial charge in [-0.05, 0) is 68.2 Å². The number of cyclic esters (lactones) is 1. The SMILES string of the molecule is CC(C=Cc1cccc(C=CC(=O)O[C@H]2CCCC(=O)O[C@@H](C(C)C)CC=CC[C@@H]2C)c1)=C[C@H](O)[C@@H](O)C[C@H](C)O. The highest BCUT2D eigenvalue weighted by Crippen LogP contribution is 2.22. The van der Waals surface area contributed by atoms with Crippen LogP contribution in [0.1, 0.15) is 84.3 Å². The van der Waals surface area contributed by atoms with Crippen LogP contribution in [0.25, 0.3) is 12.2 Å². The largest absolute Gasteiger partial charge is 0.462 e. The van der Waals surface area contributed by atoms with Gasteiger partial charge in [0, 0.05) is 25.3 Å². The predicted octanol–water partition coefficient (Wildman–Crippen LogP) is 5.79. The van der Waals surface area contributed by atoms with Crippen molar-refractivity contribution in [3.8, 4) is 0 Å². The second-order valence-corrected chi connectivity index (χ2v) is 11.5. The third-order valence-electron chi connectivity index (χ3n) is 7.11. The summed E-state index contributed by atoms with van der Waals surface area (Å²) in [5.41, 5.74) is 2.49. The monoisotopic (exact) mass is 568 g/mol. The molecule has 1 aliphatic heterocycles. The Hall–Kier alpha value is -3.00. The fraction of sp³-hybridized carbons (Fsp3) is 0.529. The van der Waals surface area contributed by atoms with Gasteiger partial charge in [0.25, 0.3) is 0 Å². The Morgan fingerprint density at radius 3 is 2.39 bits per heavy atom. The summed E-state index contributed by atoms with van der Waals surface area (Å²) in [6, 6.07) is 7.62.